The van der Waals surface area contributed by atoms with Crippen LogP contribution in [0.5, 0.6) is 0 Å². The van der Waals surface area contributed by atoms with Crippen molar-refractivity contribution in [2.75, 3.05) is 5.75 Å². The second-order valence-electron chi connectivity index (χ2n) is 5.94. The number of halogens is 1. The van der Waals surface area contributed by atoms with E-state index in [0.717, 1.165) is 4.88 Å². The molecule has 3 heterocycles. The highest BCUT2D eigenvalue weighted by Crippen LogP contribution is 2.38. The number of thioether (sulfide) groups is 1. The standard InChI is InChI=1S/C18H14ClN3O3S2/c1-2-21-14(16(24)25)13(10-6-4-3-5-7-10)15(23)22-11(9-26-18(21)22)12-8-20-17(19)27-12/h3-8,11H,2,9H2,1H3/p+1/t11-/m1/s1. The van der Waals surface area contributed by atoms with Crippen molar-refractivity contribution < 1.29 is 14.5 Å². The van der Waals surface area contributed by atoms with Gasteiger partial charge in [-0.15, -0.1) is 11.3 Å². The lowest BCUT2D eigenvalue weighted by atomic mass is 10.0. The largest absolute Gasteiger partial charge is 0.475 e. The number of fused-ring (bicyclic) bond motifs is 1. The Morgan fingerprint density at radius 3 is 2.74 bits per heavy atom. The van der Waals surface area contributed by atoms with Crippen LogP contribution in [-0.4, -0.2) is 26.4 Å². The van der Waals surface area contributed by atoms with Gasteiger partial charge in [0.15, 0.2) is 10.5 Å². The maximum atomic E-state index is 13.5. The Bertz CT molecular complexity index is 1100. The zero-order valence-electron chi connectivity index (χ0n) is 14.3. The van der Waals surface area contributed by atoms with Gasteiger partial charge in [0.2, 0.25) is 5.69 Å². The van der Waals surface area contributed by atoms with E-state index in [1.807, 2.05) is 13.0 Å². The van der Waals surface area contributed by atoms with E-state index >= 15 is 0 Å². The first kappa shape index (κ1) is 18.2. The second-order valence-corrected chi connectivity index (χ2v) is 8.57. The Hall–Kier alpha value is -2.16. The predicted octanol–water partition coefficient (Wildman–Crippen LogP) is 3.33. The van der Waals surface area contributed by atoms with Gasteiger partial charge in [-0.25, -0.2) is 19.1 Å². The molecule has 2 aromatic heterocycles. The Kier molecular flexibility index (Phi) is 4.79. The minimum absolute atomic E-state index is 0.0236. The average molecular weight is 421 g/mol. The van der Waals surface area contributed by atoms with Gasteiger partial charge in [0, 0.05) is 6.20 Å². The Morgan fingerprint density at radius 1 is 1.41 bits per heavy atom. The summed E-state index contributed by atoms with van der Waals surface area (Å²) in [6.07, 6.45) is 1.68. The van der Waals surface area contributed by atoms with Crippen LogP contribution in [0.4, 0.5) is 0 Å². The number of thiazole rings is 1. The van der Waals surface area contributed by atoms with Gasteiger partial charge in [-0.2, -0.15) is 4.57 Å². The quantitative estimate of drug-likeness (QED) is 0.517. The number of benzene rings is 1. The number of nitrogens with zero attached hydrogens (tertiary/aromatic N) is 3. The minimum Gasteiger partial charge on any atom is -0.475 e. The topological polar surface area (TPSA) is 76.1 Å². The van der Waals surface area contributed by atoms with E-state index in [2.05, 4.69) is 4.98 Å². The molecule has 3 aromatic rings. The molecule has 0 radical (unpaired) electrons. The maximum Gasteiger partial charge on any atom is 0.377 e. The van der Waals surface area contributed by atoms with Crippen LogP contribution in [0.15, 0.2) is 46.5 Å². The molecule has 1 atom stereocenters. The number of hydrogen-bond acceptors (Lipinski definition) is 5. The fraction of sp³-hybridized carbons (Fsp3) is 0.222. The van der Waals surface area contributed by atoms with Crippen LogP contribution in [0.3, 0.4) is 0 Å². The fourth-order valence-electron chi connectivity index (χ4n) is 3.33. The van der Waals surface area contributed by atoms with Crippen molar-refractivity contribution in [2.24, 2.45) is 0 Å². The molecule has 1 aliphatic rings. The van der Waals surface area contributed by atoms with Crippen molar-refractivity contribution in [3.8, 4) is 11.1 Å². The number of hydrogen-bond donors (Lipinski definition) is 1. The molecule has 138 valence electrons. The van der Waals surface area contributed by atoms with Gasteiger partial charge in [0.25, 0.3) is 0 Å². The Labute approximate surface area is 168 Å². The van der Waals surface area contributed by atoms with E-state index in [0.29, 0.717) is 27.5 Å². The van der Waals surface area contributed by atoms with Crippen LogP contribution in [0.2, 0.25) is 4.47 Å². The molecule has 6 nitrogen and oxygen atoms in total. The van der Waals surface area contributed by atoms with Crippen LogP contribution in [-0.2, 0) is 6.54 Å². The monoisotopic (exact) mass is 420 g/mol. The molecule has 1 aromatic carbocycles. The first-order valence-corrected chi connectivity index (χ1v) is 10.5. The maximum absolute atomic E-state index is 13.5. The van der Waals surface area contributed by atoms with Crippen molar-refractivity contribution in [2.45, 2.75) is 24.7 Å². The molecule has 0 saturated carbocycles. The van der Waals surface area contributed by atoms with E-state index in [-0.39, 0.29) is 22.9 Å². The van der Waals surface area contributed by atoms with Crippen molar-refractivity contribution >= 4 is 40.7 Å². The van der Waals surface area contributed by atoms with Crippen LogP contribution in [0.1, 0.15) is 28.3 Å². The zero-order chi connectivity index (χ0) is 19.1. The highest BCUT2D eigenvalue weighted by Gasteiger charge is 2.41. The number of carboxylic acid groups (broad SMARTS) is 1. The van der Waals surface area contributed by atoms with Gasteiger partial charge < -0.3 is 5.11 Å². The number of aromatic nitrogens is 3. The summed E-state index contributed by atoms with van der Waals surface area (Å²) < 4.78 is 3.82. The molecule has 9 heteroatoms. The number of rotatable bonds is 4. The van der Waals surface area contributed by atoms with E-state index in [9.17, 15) is 14.7 Å². The third kappa shape index (κ3) is 2.97. The lowest BCUT2D eigenvalue weighted by Gasteiger charge is -2.13. The van der Waals surface area contributed by atoms with Crippen LogP contribution in [0.25, 0.3) is 11.1 Å². The Morgan fingerprint density at radius 2 is 2.15 bits per heavy atom. The molecule has 0 amide bonds. The highest BCUT2D eigenvalue weighted by atomic mass is 35.5. The fourth-order valence-corrected chi connectivity index (χ4v) is 5.84. The summed E-state index contributed by atoms with van der Waals surface area (Å²) in [5.74, 6) is -0.480. The molecule has 1 N–H and O–H groups in total. The molecule has 0 aliphatic carbocycles. The summed E-state index contributed by atoms with van der Waals surface area (Å²) >= 11 is 8.81. The third-order valence-electron chi connectivity index (χ3n) is 4.46. The van der Waals surface area contributed by atoms with E-state index in [1.54, 1.807) is 39.6 Å². The predicted molar refractivity (Wildman–Crippen MR) is 105 cm³/mol. The summed E-state index contributed by atoms with van der Waals surface area (Å²) in [4.78, 5) is 30.5. The lowest BCUT2D eigenvalue weighted by Crippen LogP contribution is -2.48. The SMILES string of the molecule is CC[n+]1c(C(=O)O)c(-c2ccccc2)c(=O)n2c1SC[C@@H]2c1cnc(Cl)s1. The molecule has 0 spiro atoms. The van der Waals surface area contributed by atoms with Crippen LogP contribution < -0.4 is 10.1 Å². The number of carboxylic acids is 1. The van der Waals surface area contributed by atoms with Gasteiger partial charge >= 0.3 is 16.7 Å². The molecule has 4 rings (SSSR count). The minimum atomic E-state index is -1.11. The summed E-state index contributed by atoms with van der Waals surface area (Å²) in [6, 6.07) is 8.73. The normalized spacial score (nSPS) is 15.7. The number of carbonyl (C=O) groups is 1. The smallest absolute Gasteiger partial charge is 0.377 e. The third-order valence-corrected chi connectivity index (χ3v) is 6.84. The molecular weight excluding hydrogens is 406 g/mol. The van der Waals surface area contributed by atoms with E-state index in [1.165, 1.54) is 23.1 Å². The summed E-state index contributed by atoms with van der Waals surface area (Å²) in [6.45, 7) is 2.32. The Balaban J connectivity index is 2.06. The number of aromatic carboxylic acids is 1. The first-order valence-electron chi connectivity index (χ1n) is 8.28. The van der Waals surface area contributed by atoms with Crippen LogP contribution in [0, 0.1) is 0 Å². The van der Waals surface area contributed by atoms with E-state index < -0.39 is 5.97 Å². The van der Waals surface area contributed by atoms with Crippen molar-refractivity contribution in [3.05, 3.63) is 61.9 Å². The molecule has 0 fully saturated rings. The summed E-state index contributed by atoms with van der Waals surface area (Å²) in [5.41, 5.74) is 0.514. The highest BCUT2D eigenvalue weighted by molar-refractivity contribution is 7.99. The molecular formula is C18H15ClN3O3S2+. The average Bonchev–Trinajstić information content (AvgIpc) is 3.28. The van der Waals surface area contributed by atoms with Gasteiger partial charge in [-0.05, 0) is 24.2 Å². The molecule has 0 unspecified atom stereocenters. The molecule has 0 bridgehead atoms. The summed E-state index contributed by atoms with van der Waals surface area (Å²) in [5, 5.41) is 10.5. The zero-order valence-corrected chi connectivity index (χ0v) is 16.6. The van der Waals surface area contributed by atoms with Crippen molar-refractivity contribution in [3.63, 3.8) is 0 Å². The van der Waals surface area contributed by atoms with Gasteiger partial charge in [-0.3, -0.25) is 0 Å². The molecule has 1 aliphatic heterocycles. The van der Waals surface area contributed by atoms with Crippen LogP contribution >= 0.6 is 34.7 Å². The van der Waals surface area contributed by atoms with Crippen molar-refractivity contribution in [1.29, 1.82) is 0 Å². The van der Waals surface area contributed by atoms with Crippen molar-refractivity contribution in [1.82, 2.24) is 9.55 Å². The van der Waals surface area contributed by atoms with E-state index in [4.69, 9.17) is 11.6 Å². The van der Waals surface area contributed by atoms with Gasteiger partial charge in [0.05, 0.1) is 17.2 Å². The van der Waals surface area contributed by atoms with Gasteiger partial charge in [0.1, 0.15) is 5.56 Å². The van der Waals surface area contributed by atoms with Gasteiger partial charge in [-0.1, -0.05) is 41.9 Å². The first-order chi connectivity index (χ1) is 13.0. The summed E-state index contributed by atoms with van der Waals surface area (Å²) in [7, 11) is 0. The molecule has 27 heavy (non-hydrogen) atoms. The second kappa shape index (κ2) is 7.10. The lowest BCUT2D eigenvalue weighted by molar-refractivity contribution is -0.737. The molecule has 0 saturated heterocycles.